The van der Waals surface area contributed by atoms with Crippen molar-refractivity contribution in [1.29, 1.82) is 0 Å². The molecule has 7 nitrogen and oxygen atoms in total. The van der Waals surface area contributed by atoms with Crippen molar-refractivity contribution in [3.05, 3.63) is 59.7 Å². The van der Waals surface area contributed by atoms with Crippen LogP contribution in [-0.4, -0.2) is 59.7 Å². The number of phenols is 2. The predicted octanol–water partition coefficient (Wildman–Crippen LogP) is 1.82. The molecule has 0 unspecified atom stereocenters. The number of carbonyl (C=O) groups is 2. The molecule has 162 valence electrons. The van der Waals surface area contributed by atoms with Crippen molar-refractivity contribution in [2.75, 3.05) is 20.6 Å². The van der Waals surface area contributed by atoms with Crippen LogP contribution in [0.2, 0.25) is 0 Å². The fourth-order valence-electron chi connectivity index (χ4n) is 3.06. The Morgan fingerprint density at radius 3 is 1.97 bits per heavy atom. The maximum Gasteiger partial charge on any atom is 0.242 e. The molecular weight excluding hydrogens is 382 g/mol. The van der Waals surface area contributed by atoms with Gasteiger partial charge in [-0.05, 0) is 75.7 Å². The Labute approximate surface area is 177 Å². The largest absolute Gasteiger partial charge is 0.508 e. The van der Waals surface area contributed by atoms with E-state index in [1.165, 1.54) is 0 Å². The van der Waals surface area contributed by atoms with E-state index in [2.05, 4.69) is 10.6 Å². The first kappa shape index (κ1) is 23.2. The van der Waals surface area contributed by atoms with Crippen molar-refractivity contribution < 1.29 is 19.8 Å². The van der Waals surface area contributed by atoms with Crippen LogP contribution in [0.4, 0.5) is 0 Å². The van der Waals surface area contributed by atoms with Crippen LogP contribution < -0.4 is 10.6 Å². The minimum atomic E-state index is -0.645. The van der Waals surface area contributed by atoms with Gasteiger partial charge in [-0.1, -0.05) is 24.3 Å². The van der Waals surface area contributed by atoms with E-state index in [-0.39, 0.29) is 23.3 Å². The minimum Gasteiger partial charge on any atom is -0.508 e. The highest BCUT2D eigenvalue weighted by Gasteiger charge is 2.24. The lowest BCUT2D eigenvalue weighted by atomic mass is 10.0. The number of nitrogens with one attached hydrogen (secondary N) is 2. The molecule has 30 heavy (non-hydrogen) atoms. The van der Waals surface area contributed by atoms with Crippen molar-refractivity contribution >= 4 is 11.8 Å². The second-order valence-electron chi connectivity index (χ2n) is 7.64. The standard InChI is InChI=1S/C23H31N3O4/c1-16(22(29)24-14-4-5-17-6-10-19(27)11-7-17)25-23(30)21(26(2)3)15-18-8-12-20(28)13-9-18/h6-13,16,21,27-28H,4-5,14-15H2,1-3H3,(H,24,29)(H,25,30)/t16-,21+/m1/s1. The van der Waals surface area contributed by atoms with E-state index in [4.69, 9.17) is 0 Å². The molecule has 0 heterocycles. The van der Waals surface area contributed by atoms with Gasteiger partial charge in [-0.15, -0.1) is 0 Å². The number of aryl methyl sites for hydroxylation is 1. The van der Waals surface area contributed by atoms with E-state index in [0.29, 0.717) is 13.0 Å². The summed E-state index contributed by atoms with van der Waals surface area (Å²) >= 11 is 0. The van der Waals surface area contributed by atoms with Gasteiger partial charge >= 0.3 is 0 Å². The third-order valence-electron chi connectivity index (χ3n) is 4.92. The van der Waals surface area contributed by atoms with Gasteiger partial charge in [-0.2, -0.15) is 0 Å². The second-order valence-corrected chi connectivity index (χ2v) is 7.64. The van der Waals surface area contributed by atoms with Crippen molar-refractivity contribution in [1.82, 2.24) is 15.5 Å². The summed E-state index contributed by atoms with van der Waals surface area (Å²) in [6.07, 6.45) is 2.02. The van der Waals surface area contributed by atoms with Gasteiger partial charge in [0.15, 0.2) is 0 Å². The molecule has 2 atom stereocenters. The number of phenolic OH excluding ortho intramolecular Hbond substituents is 2. The van der Waals surface area contributed by atoms with E-state index in [0.717, 1.165) is 24.0 Å². The van der Waals surface area contributed by atoms with Crippen LogP contribution in [0.1, 0.15) is 24.5 Å². The molecule has 0 saturated heterocycles. The van der Waals surface area contributed by atoms with Crippen LogP contribution >= 0.6 is 0 Å². The molecule has 0 aliphatic carbocycles. The number of hydrogen-bond donors (Lipinski definition) is 4. The van der Waals surface area contributed by atoms with Crippen LogP contribution in [0.5, 0.6) is 11.5 Å². The Balaban J connectivity index is 1.79. The highest BCUT2D eigenvalue weighted by molar-refractivity contribution is 5.89. The summed E-state index contributed by atoms with van der Waals surface area (Å²) in [7, 11) is 3.64. The lowest BCUT2D eigenvalue weighted by molar-refractivity contribution is -0.131. The molecule has 0 aliphatic rings. The molecule has 4 N–H and O–H groups in total. The van der Waals surface area contributed by atoms with E-state index in [1.54, 1.807) is 43.3 Å². The van der Waals surface area contributed by atoms with E-state index >= 15 is 0 Å². The second kappa shape index (κ2) is 11.2. The molecule has 0 aliphatic heterocycles. The lowest BCUT2D eigenvalue weighted by Gasteiger charge is -2.25. The average molecular weight is 414 g/mol. The van der Waals surface area contributed by atoms with E-state index < -0.39 is 12.1 Å². The molecule has 7 heteroatoms. The third-order valence-corrected chi connectivity index (χ3v) is 4.92. The molecule has 0 spiro atoms. The number of benzene rings is 2. The number of carbonyl (C=O) groups excluding carboxylic acids is 2. The predicted molar refractivity (Wildman–Crippen MR) is 116 cm³/mol. The smallest absolute Gasteiger partial charge is 0.242 e. The number of nitrogens with zero attached hydrogens (tertiary/aromatic N) is 1. The summed E-state index contributed by atoms with van der Waals surface area (Å²) < 4.78 is 0. The fourth-order valence-corrected chi connectivity index (χ4v) is 3.06. The molecule has 2 rings (SSSR count). The monoisotopic (exact) mass is 413 g/mol. The highest BCUT2D eigenvalue weighted by atomic mass is 16.3. The maximum atomic E-state index is 12.7. The molecule has 0 saturated carbocycles. The van der Waals surface area contributed by atoms with Gasteiger partial charge in [0, 0.05) is 6.54 Å². The normalized spacial score (nSPS) is 12.9. The van der Waals surface area contributed by atoms with Crippen LogP contribution in [0.15, 0.2) is 48.5 Å². The summed E-state index contributed by atoms with van der Waals surface area (Å²) in [5.41, 5.74) is 2.01. The van der Waals surface area contributed by atoms with Crippen molar-refractivity contribution in [2.45, 2.75) is 38.3 Å². The number of hydrogen-bond acceptors (Lipinski definition) is 5. The quantitative estimate of drug-likeness (QED) is 0.445. The summed E-state index contributed by atoms with van der Waals surface area (Å²) in [6.45, 7) is 2.17. The molecule has 0 aromatic heterocycles. The number of rotatable bonds is 10. The van der Waals surface area contributed by atoms with Gasteiger partial charge in [-0.3, -0.25) is 14.5 Å². The maximum absolute atomic E-state index is 12.7. The zero-order valence-electron chi connectivity index (χ0n) is 17.8. The Bertz CT molecular complexity index is 819. The Morgan fingerprint density at radius 2 is 1.43 bits per heavy atom. The summed E-state index contributed by atoms with van der Waals surface area (Å²) in [5, 5.41) is 24.3. The van der Waals surface area contributed by atoms with Gasteiger partial charge in [0.1, 0.15) is 17.5 Å². The average Bonchev–Trinajstić information content (AvgIpc) is 2.71. The minimum absolute atomic E-state index is 0.181. The van der Waals surface area contributed by atoms with Crippen molar-refractivity contribution in [3.8, 4) is 11.5 Å². The van der Waals surface area contributed by atoms with Gasteiger partial charge in [0.25, 0.3) is 0 Å². The molecule has 0 fully saturated rings. The Kier molecular flexibility index (Phi) is 8.68. The van der Waals surface area contributed by atoms with Crippen LogP contribution in [0.3, 0.4) is 0 Å². The van der Waals surface area contributed by atoms with Crippen molar-refractivity contribution in [2.24, 2.45) is 0 Å². The van der Waals surface area contributed by atoms with E-state index in [9.17, 15) is 19.8 Å². The summed E-state index contributed by atoms with van der Waals surface area (Å²) in [6, 6.07) is 12.7. The number of aromatic hydroxyl groups is 2. The van der Waals surface area contributed by atoms with E-state index in [1.807, 2.05) is 31.1 Å². The summed E-state index contributed by atoms with van der Waals surface area (Å²) in [4.78, 5) is 26.8. The SMILES string of the molecule is C[C@@H](NC(=O)[C@H](Cc1ccc(O)cc1)N(C)C)C(=O)NCCCc1ccc(O)cc1. The lowest BCUT2D eigenvalue weighted by Crippen LogP contribution is -2.52. The first-order chi connectivity index (χ1) is 14.3. The number of likely N-dealkylation sites (N-methyl/N-ethyl adjacent to an activating group) is 1. The Morgan fingerprint density at radius 1 is 0.900 bits per heavy atom. The van der Waals surface area contributed by atoms with Crippen LogP contribution in [0, 0.1) is 0 Å². The number of amides is 2. The first-order valence-corrected chi connectivity index (χ1v) is 10.1. The van der Waals surface area contributed by atoms with Gasteiger partial charge in [-0.25, -0.2) is 0 Å². The molecule has 0 bridgehead atoms. The fraction of sp³-hybridized carbons (Fsp3) is 0.391. The van der Waals surface area contributed by atoms with Crippen LogP contribution in [-0.2, 0) is 22.4 Å². The molecule has 2 amide bonds. The highest BCUT2D eigenvalue weighted by Crippen LogP contribution is 2.13. The van der Waals surface area contributed by atoms with Crippen molar-refractivity contribution in [3.63, 3.8) is 0 Å². The summed E-state index contributed by atoms with van der Waals surface area (Å²) in [5.74, 6) is -0.0330. The third kappa shape index (κ3) is 7.40. The molecule has 2 aromatic rings. The topological polar surface area (TPSA) is 102 Å². The first-order valence-electron chi connectivity index (χ1n) is 10.1. The van der Waals surface area contributed by atoms with Gasteiger partial charge < -0.3 is 20.8 Å². The molecule has 2 aromatic carbocycles. The zero-order valence-corrected chi connectivity index (χ0v) is 17.8. The molecule has 0 radical (unpaired) electrons. The van der Waals surface area contributed by atoms with Gasteiger partial charge in [0.05, 0.1) is 6.04 Å². The van der Waals surface area contributed by atoms with Gasteiger partial charge in [0.2, 0.25) is 11.8 Å². The van der Waals surface area contributed by atoms with Crippen LogP contribution in [0.25, 0.3) is 0 Å². The molecular formula is C23H31N3O4. The Hall–Kier alpha value is -3.06. The zero-order chi connectivity index (χ0) is 22.1.